The molecule has 1 unspecified atom stereocenters. The van der Waals surface area contributed by atoms with Crippen LogP contribution in [0.25, 0.3) is 11.1 Å². The van der Waals surface area contributed by atoms with Crippen LogP contribution >= 0.6 is 0 Å². The fourth-order valence-corrected chi connectivity index (χ4v) is 3.59. The molecule has 114 valence electrons. The predicted molar refractivity (Wildman–Crippen MR) is 85.4 cm³/mol. The Kier molecular flexibility index (Phi) is 3.11. The standard InChI is InChI=1S/C19H15NO3/c21-11-12-5-4-10-20(12)19(23)16-9-3-8-14-13-6-1-2-7-15(13)18(22)17(14)16/h1-3,6-9,11-12H,4-5,10H2. The molecule has 1 fully saturated rings. The van der Waals surface area contributed by atoms with Gasteiger partial charge in [0.15, 0.2) is 5.78 Å². The molecule has 1 heterocycles. The number of nitrogens with zero attached hydrogens (tertiary/aromatic N) is 1. The van der Waals surface area contributed by atoms with E-state index in [-0.39, 0.29) is 17.7 Å². The number of carbonyl (C=O) groups is 3. The summed E-state index contributed by atoms with van der Waals surface area (Å²) in [6.45, 7) is 0.563. The van der Waals surface area contributed by atoms with Crippen molar-refractivity contribution in [1.82, 2.24) is 4.90 Å². The molecule has 0 saturated carbocycles. The maximum Gasteiger partial charge on any atom is 0.255 e. The Morgan fingerprint density at radius 3 is 2.57 bits per heavy atom. The summed E-state index contributed by atoms with van der Waals surface area (Å²) >= 11 is 0. The van der Waals surface area contributed by atoms with Gasteiger partial charge in [-0.3, -0.25) is 9.59 Å². The van der Waals surface area contributed by atoms with E-state index in [0.29, 0.717) is 29.7 Å². The van der Waals surface area contributed by atoms with Gasteiger partial charge in [0.25, 0.3) is 5.91 Å². The third-order valence-electron chi connectivity index (χ3n) is 4.70. The molecule has 1 amide bonds. The van der Waals surface area contributed by atoms with Crippen molar-refractivity contribution in [3.05, 3.63) is 59.2 Å². The zero-order valence-corrected chi connectivity index (χ0v) is 12.5. The van der Waals surface area contributed by atoms with Crippen molar-refractivity contribution in [3.63, 3.8) is 0 Å². The second-order valence-electron chi connectivity index (χ2n) is 5.95. The third kappa shape index (κ3) is 1.95. The molecular weight excluding hydrogens is 290 g/mol. The van der Waals surface area contributed by atoms with E-state index in [1.54, 1.807) is 23.1 Å². The first-order chi connectivity index (χ1) is 11.2. The molecule has 1 aliphatic heterocycles. The molecule has 4 heteroatoms. The summed E-state index contributed by atoms with van der Waals surface area (Å²) in [5.74, 6) is -0.334. The van der Waals surface area contributed by atoms with Gasteiger partial charge in [-0.1, -0.05) is 36.4 Å². The molecule has 1 aliphatic carbocycles. The van der Waals surface area contributed by atoms with Crippen LogP contribution in [0.15, 0.2) is 42.5 Å². The minimum absolute atomic E-state index is 0.110. The van der Waals surface area contributed by atoms with Gasteiger partial charge in [-0.25, -0.2) is 0 Å². The Bertz CT molecular complexity index is 840. The van der Waals surface area contributed by atoms with Crippen LogP contribution in [-0.4, -0.2) is 35.5 Å². The Morgan fingerprint density at radius 1 is 1.04 bits per heavy atom. The molecular formula is C19H15NO3. The van der Waals surface area contributed by atoms with Gasteiger partial charge in [0.05, 0.1) is 11.6 Å². The minimum atomic E-state index is -0.378. The van der Waals surface area contributed by atoms with E-state index in [9.17, 15) is 14.4 Å². The summed E-state index contributed by atoms with van der Waals surface area (Å²) in [6.07, 6.45) is 2.33. The summed E-state index contributed by atoms with van der Waals surface area (Å²) in [6, 6.07) is 12.4. The average molecular weight is 305 g/mol. The smallest absolute Gasteiger partial charge is 0.255 e. The second kappa shape index (κ2) is 5.16. The van der Waals surface area contributed by atoms with Gasteiger partial charge < -0.3 is 9.69 Å². The first-order valence-corrected chi connectivity index (χ1v) is 7.75. The van der Waals surface area contributed by atoms with Crippen LogP contribution in [0.5, 0.6) is 0 Å². The molecule has 1 saturated heterocycles. The Hall–Kier alpha value is -2.75. The normalized spacial score (nSPS) is 18.7. The van der Waals surface area contributed by atoms with Gasteiger partial charge in [-0.05, 0) is 30.0 Å². The van der Waals surface area contributed by atoms with Crippen LogP contribution < -0.4 is 0 Å². The average Bonchev–Trinajstić information content (AvgIpc) is 3.18. The van der Waals surface area contributed by atoms with E-state index >= 15 is 0 Å². The number of fused-ring (bicyclic) bond motifs is 3. The highest BCUT2D eigenvalue weighted by Gasteiger charge is 2.35. The SMILES string of the molecule is O=CC1CCCN1C(=O)c1cccc2c1C(=O)c1ccccc1-2. The van der Waals surface area contributed by atoms with E-state index in [0.717, 1.165) is 23.8 Å². The topological polar surface area (TPSA) is 54.5 Å². The molecule has 0 aromatic heterocycles. The number of benzene rings is 2. The number of aldehydes is 1. The van der Waals surface area contributed by atoms with Crippen LogP contribution in [-0.2, 0) is 4.79 Å². The largest absolute Gasteiger partial charge is 0.329 e. The summed E-state index contributed by atoms with van der Waals surface area (Å²) in [5.41, 5.74) is 3.18. The first kappa shape index (κ1) is 13.9. The predicted octanol–water partition coefficient (Wildman–Crippen LogP) is 2.70. The quantitative estimate of drug-likeness (QED) is 0.684. The maximum atomic E-state index is 12.9. The van der Waals surface area contributed by atoms with Crippen molar-refractivity contribution in [1.29, 1.82) is 0 Å². The van der Waals surface area contributed by atoms with Crippen molar-refractivity contribution in [2.24, 2.45) is 0 Å². The number of carbonyl (C=O) groups excluding carboxylic acids is 3. The van der Waals surface area contributed by atoms with Crippen LogP contribution in [0, 0.1) is 0 Å². The highest BCUT2D eigenvalue weighted by Crippen LogP contribution is 2.38. The highest BCUT2D eigenvalue weighted by molar-refractivity contribution is 6.25. The molecule has 0 radical (unpaired) electrons. The lowest BCUT2D eigenvalue weighted by Crippen LogP contribution is -2.37. The summed E-state index contributed by atoms with van der Waals surface area (Å²) in [7, 11) is 0. The molecule has 2 aliphatic rings. The number of amides is 1. The first-order valence-electron chi connectivity index (χ1n) is 7.75. The Balaban J connectivity index is 1.83. The van der Waals surface area contributed by atoms with Crippen molar-refractivity contribution >= 4 is 18.0 Å². The van der Waals surface area contributed by atoms with Crippen LogP contribution in [0.3, 0.4) is 0 Å². The van der Waals surface area contributed by atoms with E-state index in [1.807, 2.05) is 24.3 Å². The number of ketones is 1. The number of hydrogen-bond acceptors (Lipinski definition) is 3. The maximum absolute atomic E-state index is 12.9. The van der Waals surface area contributed by atoms with Crippen molar-refractivity contribution in [2.45, 2.75) is 18.9 Å². The van der Waals surface area contributed by atoms with Gasteiger partial charge in [0.2, 0.25) is 0 Å². The van der Waals surface area contributed by atoms with Gasteiger partial charge in [0.1, 0.15) is 6.29 Å². The molecule has 0 N–H and O–H groups in total. The van der Waals surface area contributed by atoms with Gasteiger partial charge in [0, 0.05) is 17.7 Å². The van der Waals surface area contributed by atoms with Crippen LogP contribution in [0.1, 0.15) is 39.1 Å². The van der Waals surface area contributed by atoms with Gasteiger partial charge >= 0.3 is 0 Å². The van der Waals surface area contributed by atoms with Crippen molar-refractivity contribution in [3.8, 4) is 11.1 Å². The van der Waals surface area contributed by atoms with E-state index < -0.39 is 0 Å². The molecule has 2 aromatic rings. The molecule has 0 bridgehead atoms. The highest BCUT2D eigenvalue weighted by atomic mass is 16.2. The molecule has 4 nitrogen and oxygen atoms in total. The second-order valence-corrected chi connectivity index (χ2v) is 5.95. The summed E-state index contributed by atoms with van der Waals surface area (Å²) < 4.78 is 0. The lowest BCUT2D eigenvalue weighted by Gasteiger charge is -2.21. The van der Waals surface area contributed by atoms with Gasteiger partial charge in [-0.15, -0.1) is 0 Å². The number of rotatable bonds is 2. The fraction of sp³-hybridized carbons (Fsp3) is 0.211. The lowest BCUT2D eigenvalue weighted by molar-refractivity contribution is -0.111. The molecule has 0 spiro atoms. The lowest BCUT2D eigenvalue weighted by atomic mass is 9.99. The summed E-state index contributed by atoms with van der Waals surface area (Å²) in [4.78, 5) is 38.4. The van der Waals surface area contributed by atoms with Crippen molar-refractivity contribution < 1.29 is 14.4 Å². The fourth-order valence-electron chi connectivity index (χ4n) is 3.59. The Morgan fingerprint density at radius 2 is 1.78 bits per heavy atom. The van der Waals surface area contributed by atoms with Crippen LogP contribution in [0.4, 0.5) is 0 Å². The molecule has 2 aromatic carbocycles. The van der Waals surface area contributed by atoms with E-state index in [1.165, 1.54) is 0 Å². The zero-order chi connectivity index (χ0) is 16.0. The van der Waals surface area contributed by atoms with E-state index in [2.05, 4.69) is 0 Å². The third-order valence-corrected chi connectivity index (χ3v) is 4.70. The monoisotopic (exact) mass is 305 g/mol. The molecule has 4 rings (SSSR count). The van der Waals surface area contributed by atoms with Gasteiger partial charge in [-0.2, -0.15) is 0 Å². The number of hydrogen-bond donors (Lipinski definition) is 0. The molecule has 23 heavy (non-hydrogen) atoms. The Labute approximate surface area is 133 Å². The van der Waals surface area contributed by atoms with Crippen LogP contribution in [0.2, 0.25) is 0 Å². The number of likely N-dealkylation sites (tertiary alicyclic amines) is 1. The molecule has 1 atom stereocenters. The zero-order valence-electron chi connectivity index (χ0n) is 12.5. The van der Waals surface area contributed by atoms with E-state index in [4.69, 9.17) is 0 Å². The minimum Gasteiger partial charge on any atom is -0.329 e. The summed E-state index contributed by atoms with van der Waals surface area (Å²) in [5, 5.41) is 0. The van der Waals surface area contributed by atoms with Crippen molar-refractivity contribution in [2.75, 3.05) is 6.54 Å².